The van der Waals surface area contributed by atoms with Crippen LogP contribution in [-0.4, -0.2) is 5.78 Å². The number of rotatable bonds is 0. The van der Waals surface area contributed by atoms with E-state index in [1.54, 1.807) is 6.26 Å². The Morgan fingerprint density at radius 1 is 1.41 bits per heavy atom. The Morgan fingerprint density at radius 3 is 2.94 bits per heavy atom. The van der Waals surface area contributed by atoms with Crippen LogP contribution in [0.15, 0.2) is 10.7 Å². The Balaban J connectivity index is 2.12. The molecule has 2 heteroatoms. The van der Waals surface area contributed by atoms with Crippen LogP contribution in [0.25, 0.3) is 0 Å². The monoisotopic (exact) mass is 232 g/mol. The number of ketones is 1. The summed E-state index contributed by atoms with van der Waals surface area (Å²) >= 11 is 0. The van der Waals surface area contributed by atoms with E-state index in [2.05, 4.69) is 13.8 Å². The fourth-order valence-corrected chi connectivity index (χ4v) is 3.79. The van der Waals surface area contributed by atoms with Crippen LogP contribution in [0.3, 0.4) is 0 Å². The minimum absolute atomic E-state index is 0.150. The standard InChI is InChI=1S/C15H20O2/c1-9-8-17-14-11(9)7-15(3)10(2)5-4-6-12(15)13(14)16/h8,10,12H,4-7H2,1-3H3/t10-,12-,15-/m0/s1. The molecule has 0 amide bonds. The van der Waals surface area contributed by atoms with Crippen LogP contribution in [0.2, 0.25) is 0 Å². The maximum Gasteiger partial charge on any atom is 0.201 e. The molecular formula is C15H20O2. The summed E-state index contributed by atoms with van der Waals surface area (Å²) in [5.41, 5.74) is 2.46. The second kappa shape index (κ2) is 3.47. The fourth-order valence-electron chi connectivity index (χ4n) is 3.79. The fraction of sp³-hybridized carbons (Fsp3) is 0.667. The van der Waals surface area contributed by atoms with Crippen LogP contribution < -0.4 is 0 Å². The summed E-state index contributed by atoms with van der Waals surface area (Å²) in [6.07, 6.45) is 6.24. The molecule has 0 bridgehead atoms. The minimum Gasteiger partial charge on any atom is -0.461 e. The number of aryl methyl sites for hydroxylation is 1. The van der Waals surface area contributed by atoms with Gasteiger partial charge in [-0.05, 0) is 36.7 Å². The lowest BCUT2D eigenvalue weighted by Crippen LogP contribution is -2.46. The summed E-state index contributed by atoms with van der Waals surface area (Å²) < 4.78 is 5.48. The number of Topliss-reactive ketones (excluding diaryl/α,β-unsaturated/α-hetero) is 1. The molecule has 92 valence electrons. The largest absolute Gasteiger partial charge is 0.461 e. The van der Waals surface area contributed by atoms with Crippen molar-refractivity contribution in [1.29, 1.82) is 0 Å². The molecule has 2 aliphatic carbocycles. The molecule has 1 saturated carbocycles. The molecule has 2 aliphatic rings. The van der Waals surface area contributed by atoms with Gasteiger partial charge in [0.1, 0.15) is 0 Å². The molecule has 3 atom stereocenters. The summed E-state index contributed by atoms with van der Waals surface area (Å²) in [6.45, 7) is 6.65. The molecule has 17 heavy (non-hydrogen) atoms. The van der Waals surface area contributed by atoms with E-state index < -0.39 is 0 Å². The predicted molar refractivity (Wildman–Crippen MR) is 66.1 cm³/mol. The molecule has 1 fully saturated rings. The van der Waals surface area contributed by atoms with Crippen molar-refractivity contribution in [3.63, 3.8) is 0 Å². The first-order valence-corrected chi connectivity index (χ1v) is 6.65. The van der Waals surface area contributed by atoms with Crippen LogP contribution >= 0.6 is 0 Å². The topological polar surface area (TPSA) is 30.2 Å². The molecule has 0 spiro atoms. The van der Waals surface area contributed by atoms with Gasteiger partial charge in [-0.15, -0.1) is 0 Å². The Bertz CT molecular complexity index is 471. The molecule has 1 heterocycles. The van der Waals surface area contributed by atoms with Crippen molar-refractivity contribution in [3.8, 4) is 0 Å². The lowest BCUT2D eigenvalue weighted by molar-refractivity contribution is 0.0317. The van der Waals surface area contributed by atoms with E-state index in [0.29, 0.717) is 11.7 Å². The molecular weight excluding hydrogens is 212 g/mol. The van der Waals surface area contributed by atoms with Crippen molar-refractivity contribution in [3.05, 3.63) is 23.2 Å². The summed E-state index contributed by atoms with van der Waals surface area (Å²) in [6, 6.07) is 0. The molecule has 1 aromatic rings. The molecule has 0 aromatic carbocycles. The van der Waals surface area contributed by atoms with Gasteiger partial charge >= 0.3 is 0 Å². The van der Waals surface area contributed by atoms with Crippen molar-refractivity contribution >= 4 is 5.78 Å². The molecule has 0 radical (unpaired) electrons. The Labute approximate surface area is 102 Å². The predicted octanol–water partition coefficient (Wildman–Crippen LogP) is 3.77. The van der Waals surface area contributed by atoms with Crippen molar-refractivity contribution in [2.24, 2.45) is 17.3 Å². The number of fused-ring (bicyclic) bond motifs is 2. The van der Waals surface area contributed by atoms with Crippen molar-refractivity contribution < 1.29 is 9.21 Å². The molecule has 0 saturated heterocycles. The molecule has 0 N–H and O–H groups in total. The van der Waals surface area contributed by atoms with E-state index in [9.17, 15) is 4.79 Å². The van der Waals surface area contributed by atoms with E-state index in [4.69, 9.17) is 4.42 Å². The van der Waals surface area contributed by atoms with Crippen LogP contribution in [-0.2, 0) is 6.42 Å². The smallest absolute Gasteiger partial charge is 0.201 e. The Kier molecular flexibility index (Phi) is 2.26. The Hall–Kier alpha value is -1.05. The van der Waals surface area contributed by atoms with Gasteiger partial charge in [-0.1, -0.05) is 26.7 Å². The van der Waals surface area contributed by atoms with Crippen LogP contribution in [0.4, 0.5) is 0 Å². The summed E-state index contributed by atoms with van der Waals surface area (Å²) in [4.78, 5) is 12.5. The quantitative estimate of drug-likeness (QED) is 0.681. The molecule has 0 unspecified atom stereocenters. The number of carbonyl (C=O) groups excluding carboxylic acids is 1. The zero-order valence-electron chi connectivity index (χ0n) is 10.9. The van der Waals surface area contributed by atoms with Gasteiger partial charge in [0.05, 0.1) is 6.26 Å². The van der Waals surface area contributed by atoms with E-state index in [0.717, 1.165) is 18.4 Å². The number of carbonyl (C=O) groups is 1. The van der Waals surface area contributed by atoms with E-state index in [-0.39, 0.29) is 17.1 Å². The van der Waals surface area contributed by atoms with E-state index >= 15 is 0 Å². The van der Waals surface area contributed by atoms with Crippen LogP contribution in [0.5, 0.6) is 0 Å². The lowest BCUT2D eigenvalue weighted by atomic mass is 9.55. The second-order valence-electron chi connectivity index (χ2n) is 6.16. The highest BCUT2D eigenvalue weighted by molar-refractivity contribution is 5.98. The number of hydrogen-bond donors (Lipinski definition) is 0. The highest BCUT2D eigenvalue weighted by atomic mass is 16.3. The number of furan rings is 1. The average molecular weight is 232 g/mol. The van der Waals surface area contributed by atoms with Gasteiger partial charge in [-0.25, -0.2) is 0 Å². The van der Waals surface area contributed by atoms with Gasteiger partial charge in [-0.3, -0.25) is 4.79 Å². The molecule has 3 rings (SSSR count). The minimum atomic E-state index is 0.150. The average Bonchev–Trinajstić information content (AvgIpc) is 2.64. The lowest BCUT2D eigenvalue weighted by Gasteiger charge is -2.47. The van der Waals surface area contributed by atoms with Gasteiger partial charge in [0.25, 0.3) is 0 Å². The second-order valence-corrected chi connectivity index (χ2v) is 6.16. The molecule has 0 aliphatic heterocycles. The van der Waals surface area contributed by atoms with E-state index in [1.807, 2.05) is 6.92 Å². The van der Waals surface area contributed by atoms with Gasteiger partial charge < -0.3 is 4.42 Å². The van der Waals surface area contributed by atoms with Gasteiger partial charge in [0.15, 0.2) is 5.76 Å². The Morgan fingerprint density at radius 2 is 2.18 bits per heavy atom. The van der Waals surface area contributed by atoms with Crippen LogP contribution in [0.1, 0.15) is 54.8 Å². The van der Waals surface area contributed by atoms with Crippen molar-refractivity contribution in [2.75, 3.05) is 0 Å². The van der Waals surface area contributed by atoms with Gasteiger partial charge in [0, 0.05) is 11.5 Å². The molecule has 1 aromatic heterocycles. The van der Waals surface area contributed by atoms with Crippen molar-refractivity contribution in [2.45, 2.75) is 46.5 Å². The zero-order valence-corrected chi connectivity index (χ0v) is 10.9. The SMILES string of the molecule is Cc1coc2c1C[C@@]1(C)[C@@H](C)CCC[C@H]1C2=O. The first kappa shape index (κ1) is 11.1. The summed E-state index contributed by atoms with van der Waals surface area (Å²) in [5, 5.41) is 0. The highest BCUT2D eigenvalue weighted by Crippen LogP contribution is 2.52. The third-order valence-corrected chi connectivity index (χ3v) is 5.25. The normalized spacial score (nSPS) is 36.5. The molecule has 2 nitrogen and oxygen atoms in total. The zero-order chi connectivity index (χ0) is 12.2. The summed E-state index contributed by atoms with van der Waals surface area (Å²) in [5.74, 6) is 1.73. The van der Waals surface area contributed by atoms with Gasteiger partial charge in [0.2, 0.25) is 5.78 Å². The third-order valence-electron chi connectivity index (χ3n) is 5.25. The first-order chi connectivity index (χ1) is 8.04. The third kappa shape index (κ3) is 1.36. The van der Waals surface area contributed by atoms with Crippen molar-refractivity contribution in [1.82, 2.24) is 0 Å². The highest BCUT2D eigenvalue weighted by Gasteiger charge is 2.50. The van der Waals surface area contributed by atoms with E-state index in [1.165, 1.54) is 18.4 Å². The number of hydrogen-bond acceptors (Lipinski definition) is 2. The summed E-state index contributed by atoms with van der Waals surface area (Å²) in [7, 11) is 0. The maximum atomic E-state index is 12.5. The van der Waals surface area contributed by atoms with Crippen LogP contribution in [0, 0.1) is 24.2 Å². The van der Waals surface area contributed by atoms with Gasteiger partial charge in [-0.2, -0.15) is 0 Å². The first-order valence-electron chi connectivity index (χ1n) is 6.65. The maximum absolute atomic E-state index is 12.5.